The summed E-state index contributed by atoms with van der Waals surface area (Å²) in [6.07, 6.45) is 2.51. The fraction of sp³-hybridized carbons (Fsp3) is 0.409. The van der Waals surface area contributed by atoms with Crippen LogP contribution in [-0.2, 0) is 16.0 Å². The number of hydrogen-bond acceptors (Lipinski definition) is 4. The zero-order valence-electron chi connectivity index (χ0n) is 15.7. The van der Waals surface area contributed by atoms with E-state index in [9.17, 15) is 4.79 Å². The molecule has 0 saturated carbocycles. The number of piperidine rings is 1. The van der Waals surface area contributed by atoms with Crippen LogP contribution >= 0.6 is 0 Å². The van der Waals surface area contributed by atoms with Gasteiger partial charge in [-0.25, -0.2) is 4.79 Å². The lowest BCUT2D eigenvalue weighted by atomic mass is 9.86. The maximum atomic E-state index is 12.6. The van der Waals surface area contributed by atoms with Crippen LogP contribution in [0.3, 0.4) is 0 Å². The molecule has 0 radical (unpaired) electrons. The quantitative estimate of drug-likeness (QED) is 0.804. The molecule has 2 aromatic rings. The van der Waals surface area contributed by atoms with E-state index in [1.807, 2.05) is 30.3 Å². The molecule has 2 aromatic carbocycles. The predicted molar refractivity (Wildman–Crippen MR) is 105 cm³/mol. The molecule has 4 heteroatoms. The van der Waals surface area contributed by atoms with Gasteiger partial charge in [0, 0.05) is 24.8 Å². The molecule has 3 rings (SSSR count). The average Bonchev–Trinajstić information content (AvgIpc) is 2.69. The lowest BCUT2D eigenvalue weighted by Gasteiger charge is -2.42. The van der Waals surface area contributed by atoms with Crippen molar-refractivity contribution in [1.29, 1.82) is 0 Å². The number of methoxy groups -OCH3 is 1. The fourth-order valence-electron chi connectivity index (χ4n) is 3.80. The molecule has 1 aliphatic rings. The number of hydrogen-bond donors (Lipinski definition) is 1. The summed E-state index contributed by atoms with van der Waals surface area (Å²) in [5.41, 5.74) is 1.68. The van der Waals surface area contributed by atoms with Crippen molar-refractivity contribution in [2.45, 2.75) is 37.8 Å². The zero-order chi connectivity index (χ0) is 18.4. The van der Waals surface area contributed by atoms with E-state index in [0.717, 1.165) is 38.0 Å². The number of benzene rings is 2. The lowest BCUT2D eigenvalue weighted by molar-refractivity contribution is -0.148. The highest BCUT2D eigenvalue weighted by Gasteiger charge is 2.43. The van der Waals surface area contributed by atoms with Crippen molar-refractivity contribution in [3.63, 3.8) is 0 Å². The second-order valence-corrected chi connectivity index (χ2v) is 7.14. The SMILES string of the molecule is COC(=O)C1(Nc2ccccc2)CCN(C(C)Cc2ccccc2)CC1. The van der Waals surface area contributed by atoms with Gasteiger partial charge in [0.05, 0.1) is 7.11 Å². The first-order valence-corrected chi connectivity index (χ1v) is 9.32. The Morgan fingerprint density at radius 2 is 1.65 bits per heavy atom. The Morgan fingerprint density at radius 1 is 1.08 bits per heavy atom. The van der Waals surface area contributed by atoms with Crippen LogP contribution in [0.2, 0.25) is 0 Å². The first-order chi connectivity index (χ1) is 12.6. The van der Waals surface area contributed by atoms with Crippen LogP contribution in [0.1, 0.15) is 25.3 Å². The summed E-state index contributed by atoms with van der Waals surface area (Å²) in [5.74, 6) is -0.170. The van der Waals surface area contributed by atoms with E-state index >= 15 is 0 Å². The molecule has 1 N–H and O–H groups in total. The summed E-state index contributed by atoms with van der Waals surface area (Å²) in [5, 5.41) is 3.45. The zero-order valence-corrected chi connectivity index (χ0v) is 15.7. The summed E-state index contributed by atoms with van der Waals surface area (Å²) in [6.45, 7) is 4.02. The highest BCUT2D eigenvalue weighted by atomic mass is 16.5. The molecule has 1 unspecified atom stereocenters. The van der Waals surface area contributed by atoms with Gasteiger partial charge in [-0.1, -0.05) is 48.5 Å². The van der Waals surface area contributed by atoms with Crippen LogP contribution in [0.25, 0.3) is 0 Å². The van der Waals surface area contributed by atoms with E-state index in [1.54, 1.807) is 0 Å². The van der Waals surface area contributed by atoms with Crippen LogP contribution in [0.5, 0.6) is 0 Å². The third kappa shape index (κ3) is 4.25. The lowest BCUT2D eigenvalue weighted by Crippen LogP contribution is -2.56. The highest BCUT2D eigenvalue weighted by molar-refractivity contribution is 5.84. The first kappa shape index (κ1) is 18.5. The van der Waals surface area contributed by atoms with Crippen LogP contribution in [0, 0.1) is 0 Å². The molecule has 1 heterocycles. The maximum absolute atomic E-state index is 12.6. The number of anilines is 1. The topological polar surface area (TPSA) is 41.6 Å². The average molecular weight is 352 g/mol. The van der Waals surface area contributed by atoms with E-state index < -0.39 is 5.54 Å². The van der Waals surface area contributed by atoms with Crippen molar-refractivity contribution in [1.82, 2.24) is 4.90 Å². The predicted octanol–water partition coefficient (Wildman–Crippen LogP) is 3.74. The van der Waals surface area contributed by atoms with Gasteiger partial charge < -0.3 is 15.0 Å². The van der Waals surface area contributed by atoms with Crippen LogP contribution in [0.15, 0.2) is 60.7 Å². The number of ether oxygens (including phenoxy) is 1. The molecule has 0 spiro atoms. The van der Waals surface area contributed by atoms with Crippen LogP contribution in [0.4, 0.5) is 5.69 Å². The van der Waals surface area contributed by atoms with Gasteiger partial charge in [-0.2, -0.15) is 0 Å². The third-order valence-corrected chi connectivity index (χ3v) is 5.38. The summed E-state index contributed by atoms with van der Waals surface area (Å²) >= 11 is 0. The Hall–Kier alpha value is -2.33. The maximum Gasteiger partial charge on any atom is 0.331 e. The number of nitrogens with one attached hydrogen (secondary N) is 1. The number of esters is 1. The fourth-order valence-corrected chi connectivity index (χ4v) is 3.80. The Bertz CT molecular complexity index is 695. The van der Waals surface area contributed by atoms with Crippen molar-refractivity contribution in [2.24, 2.45) is 0 Å². The molecule has 138 valence electrons. The van der Waals surface area contributed by atoms with Gasteiger partial charge in [0.2, 0.25) is 0 Å². The summed E-state index contributed by atoms with van der Waals surface area (Å²) in [7, 11) is 1.47. The summed E-state index contributed by atoms with van der Waals surface area (Å²) < 4.78 is 5.14. The third-order valence-electron chi connectivity index (χ3n) is 5.38. The number of likely N-dealkylation sites (tertiary alicyclic amines) is 1. The molecule has 0 aliphatic carbocycles. The monoisotopic (exact) mass is 352 g/mol. The second-order valence-electron chi connectivity index (χ2n) is 7.14. The van der Waals surface area contributed by atoms with E-state index in [1.165, 1.54) is 12.7 Å². The molecular formula is C22H28N2O2. The van der Waals surface area contributed by atoms with Crippen LogP contribution < -0.4 is 5.32 Å². The number of carbonyl (C=O) groups excluding carboxylic acids is 1. The highest BCUT2D eigenvalue weighted by Crippen LogP contribution is 2.29. The molecule has 4 nitrogen and oxygen atoms in total. The summed E-state index contributed by atoms with van der Waals surface area (Å²) in [4.78, 5) is 15.0. The number of carbonyl (C=O) groups is 1. The molecule has 26 heavy (non-hydrogen) atoms. The Kier molecular flexibility index (Phi) is 5.94. The van der Waals surface area contributed by atoms with E-state index in [2.05, 4.69) is 47.5 Å². The van der Waals surface area contributed by atoms with E-state index in [-0.39, 0.29) is 5.97 Å². The summed E-state index contributed by atoms with van der Waals surface area (Å²) in [6, 6.07) is 20.9. The van der Waals surface area contributed by atoms with Gasteiger partial charge in [-0.3, -0.25) is 0 Å². The largest absolute Gasteiger partial charge is 0.467 e. The van der Waals surface area contributed by atoms with Crippen molar-refractivity contribution in [2.75, 3.05) is 25.5 Å². The van der Waals surface area contributed by atoms with Gasteiger partial charge in [-0.05, 0) is 43.9 Å². The molecule has 0 bridgehead atoms. The van der Waals surface area contributed by atoms with Gasteiger partial charge in [-0.15, -0.1) is 0 Å². The smallest absolute Gasteiger partial charge is 0.331 e. The minimum absolute atomic E-state index is 0.170. The van der Waals surface area contributed by atoms with Gasteiger partial charge in [0.1, 0.15) is 5.54 Å². The molecular weight excluding hydrogens is 324 g/mol. The van der Waals surface area contributed by atoms with Crippen molar-refractivity contribution in [3.05, 3.63) is 66.2 Å². The molecule has 1 aliphatic heterocycles. The minimum Gasteiger partial charge on any atom is -0.467 e. The second kappa shape index (κ2) is 8.37. The Morgan fingerprint density at radius 3 is 2.23 bits per heavy atom. The van der Waals surface area contributed by atoms with Crippen molar-refractivity contribution >= 4 is 11.7 Å². The number of nitrogens with zero attached hydrogens (tertiary/aromatic N) is 1. The van der Waals surface area contributed by atoms with Crippen molar-refractivity contribution in [3.8, 4) is 0 Å². The minimum atomic E-state index is -0.640. The Labute approximate surface area is 156 Å². The van der Waals surface area contributed by atoms with Crippen molar-refractivity contribution < 1.29 is 9.53 Å². The number of rotatable bonds is 6. The molecule has 0 amide bonds. The first-order valence-electron chi connectivity index (χ1n) is 9.32. The van der Waals surface area contributed by atoms with Gasteiger partial charge >= 0.3 is 5.97 Å². The van der Waals surface area contributed by atoms with Gasteiger partial charge in [0.25, 0.3) is 0 Å². The molecule has 1 fully saturated rings. The normalized spacial score (nSPS) is 18.1. The number of para-hydroxylation sites is 1. The van der Waals surface area contributed by atoms with Gasteiger partial charge in [0.15, 0.2) is 0 Å². The molecule has 1 atom stereocenters. The molecule has 1 saturated heterocycles. The standard InChI is InChI=1S/C22H28N2O2/c1-18(17-19-9-5-3-6-10-19)24-15-13-22(14-16-24,21(25)26-2)23-20-11-7-4-8-12-20/h3-12,18,23H,13-17H2,1-2H3. The van der Waals surface area contributed by atoms with E-state index in [0.29, 0.717) is 6.04 Å². The van der Waals surface area contributed by atoms with Crippen LogP contribution in [-0.4, -0.2) is 42.6 Å². The van der Waals surface area contributed by atoms with E-state index in [4.69, 9.17) is 4.74 Å². The molecule has 0 aromatic heterocycles. The Balaban J connectivity index is 1.65.